The molecule has 5 N–H and O–H groups in total. The number of hydrogen-bond donors (Lipinski definition) is 3. The molecule has 4 unspecified atom stereocenters. The number of nitrogen functional groups attached to an aromatic ring is 1. The molecule has 7 nitrogen and oxygen atoms in total. The zero-order chi connectivity index (χ0) is 20.7. The van der Waals surface area contributed by atoms with Gasteiger partial charge in [0.05, 0.1) is 17.8 Å². The molecule has 2 fully saturated rings. The number of hydrogen-bond acceptors (Lipinski definition) is 6. The fraction of sp³-hybridized carbons (Fsp3) is 0.318. The molecule has 0 bridgehead atoms. The number of aliphatic carboxylic acids is 1. The Balaban J connectivity index is 0.000000142. The molecule has 4 atom stereocenters. The van der Waals surface area contributed by atoms with Crippen LogP contribution in [0.1, 0.15) is 36.4 Å². The number of benzene rings is 2. The van der Waals surface area contributed by atoms with Gasteiger partial charge in [0.1, 0.15) is 0 Å². The van der Waals surface area contributed by atoms with E-state index in [2.05, 4.69) is 16.9 Å². The molecule has 150 valence electrons. The van der Waals surface area contributed by atoms with Crippen molar-refractivity contribution in [3.8, 4) is 0 Å². The smallest absolute Gasteiger partial charge is 0.317 e. The van der Waals surface area contributed by atoms with Crippen LogP contribution in [0, 0.1) is 17.8 Å². The van der Waals surface area contributed by atoms with Gasteiger partial charge in [0, 0.05) is 17.3 Å². The summed E-state index contributed by atoms with van der Waals surface area (Å²) in [6.07, 6.45) is 5.17. The fourth-order valence-electron chi connectivity index (χ4n) is 4.40. The van der Waals surface area contributed by atoms with Crippen molar-refractivity contribution in [2.24, 2.45) is 23.5 Å². The highest BCUT2D eigenvalue weighted by Crippen LogP contribution is 2.39. The Labute approximate surface area is 167 Å². The predicted octanol–water partition coefficient (Wildman–Crippen LogP) is 2.64. The van der Waals surface area contributed by atoms with Gasteiger partial charge in [-0.25, -0.2) is 0 Å². The van der Waals surface area contributed by atoms with Crippen LogP contribution in [0.3, 0.4) is 0 Å². The Hall–Kier alpha value is -3.19. The summed E-state index contributed by atoms with van der Waals surface area (Å²) in [4.78, 5) is 33.0. The monoisotopic (exact) mass is 394 g/mol. The van der Waals surface area contributed by atoms with E-state index in [4.69, 9.17) is 16.6 Å². The third-order valence-corrected chi connectivity index (χ3v) is 5.99. The highest BCUT2D eigenvalue weighted by Gasteiger charge is 2.48. The highest BCUT2D eigenvalue weighted by molar-refractivity contribution is 5.99. The molecular formula is C22H22N2O5. The number of nitrogens with two attached hydrogens (primary N) is 2. The SMILES string of the molecule is Nc1ccc2cccc3c2c1C=CC3N.O=C(O)C1CCC2C(=O)OC(=O)C2C1. The van der Waals surface area contributed by atoms with Crippen molar-refractivity contribution >= 4 is 40.4 Å². The molecule has 2 aromatic rings. The van der Waals surface area contributed by atoms with Crippen molar-refractivity contribution in [2.75, 3.05) is 5.73 Å². The van der Waals surface area contributed by atoms with Crippen molar-refractivity contribution in [1.29, 1.82) is 0 Å². The van der Waals surface area contributed by atoms with Crippen LogP contribution in [0.15, 0.2) is 36.4 Å². The predicted molar refractivity (Wildman–Crippen MR) is 107 cm³/mol. The largest absolute Gasteiger partial charge is 0.481 e. The average Bonchev–Trinajstić information content (AvgIpc) is 3.00. The third-order valence-electron chi connectivity index (χ3n) is 5.99. The minimum Gasteiger partial charge on any atom is -0.481 e. The molecule has 2 aromatic carbocycles. The second kappa shape index (κ2) is 7.33. The number of carboxylic acid groups (broad SMARTS) is 1. The van der Waals surface area contributed by atoms with Crippen LogP contribution in [-0.2, 0) is 19.1 Å². The van der Waals surface area contributed by atoms with E-state index in [9.17, 15) is 14.4 Å². The lowest BCUT2D eigenvalue weighted by Crippen LogP contribution is -2.30. The molecule has 1 aliphatic heterocycles. The lowest BCUT2D eigenvalue weighted by atomic mass is 9.75. The summed E-state index contributed by atoms with van der Waals surface area (Å²) in [6.45, 7) is 0. The molecule has 0 radical (unpaired) electrons. The van der Waals surface area contributed by atoms with Crippen LogP contribution >= 0.6 is 0 Å². The van der Waals surface area contributed by atoms with E-state index in [1.165, 1.54) is 10.8 Å². The molecule has 0 amide bonds. The lowest BCUT2D eigenvalue weighted by molar-refractivity contribution is -0.153. The number of carbonyl (C=O) groups is 3. The Morgan fingerprint density at radius 3 is 2.59 bits per heavy atom. The molecule has 1 heterocycles. The first-order valence-corrected chi connectivity index (χ1v) is 9.60. The van der Waals surface area contributed by atoms with Crippen molar-refractivity contribution in [2.45, 2.75) is 25.3 Å². The van der Waals surface area contributed by atoms with Crippen LogP contribution in [0.5, 0.6) is 0 Å². The van der Waals surface area contributed by atoms with Gasteiger partial charge in [-0.3, -0.25) is 14.4 Å². The van der Waals surface area contributed by atoms with Crippen LogP contribution < -0.4 is 11.5 Å². The van der Waals surface area contributed by atoms with E-state index in [0.717, 1.165) is 16.8 Å². The first-order chi connectivity index (χ1) is 13.9. The van der Waals surface area contributed by atoms with E-state index in [1.807, 2.05) is 30.4 Å². The topological polar surface area (TPSA) is 133 Å². The highest BCUT2D eigenvalue weighted by atomic mass is 16.6. The zero-order valence-corrected chi connectivity index (χ0v) is 15.7. The van der Waals surface area contributed by atoms with Gasteiger partial charge in [-0.2, -0.15) is 0 Å². The van der Waals surface area contributed by atoms with Crippen molar-refractivity contribution in [1.82, 2.24) is 0 Å². The summed E-state index contributed by atoms with van der Waals surface area (Å²) in [5, 5.41) is 11.2. The molecule has 5 rings (SSSR count). The van der Waals surface area contributed by atoms with Gasteiger partial charge in [-0.15, -0.1) is 0 Å². The third kappa shape index (κ3) is 3.38. The quantitative estimate of drug-likeness (QED) is 0.385. The van der Waals surface area contributed by atoms with Gasteiger partial charge < -0.3 is 21.3 Å². The van der Waals surface area contributed by atoms with Gasteiger partial charge in [0.15, 0.2) is 0 Å². The van der Waals surface area contributed by atoms with E-state index in [0.29, 0.717) is 12.8 Å². The van der Waals surface area contributed by atoms with Crippen LogP contribution in [-0.4, -0.2) is 23.0 Å². The number of carbonyl (C=O) groups excluding carboxylic acids is 2. The lowest BCUT2D eigenvalue weighted by Gasteiger charge is -2.24. The molecular weight excluding hydrogens is 372 g/mol. The zero-order valence-electron chi connectivity index (χ0n) is 15.7. The van der Waals surface area contributed by atoms with Gasteiger partial charge >= 0.3 is 17.9 Å². The summed E-state index contributed by atoms with van der Waals surface area (Å²) in [7, 11) is 0. The van der Waals surface area contributed by atoms with E-state index >= 15 is 0 Å². The number of carboxylic acids is 1. The maximum Gasteiger partial charge on any atom is 0.317 e. The second-order valence-corrected chi connectivity index (χ2v) is 7.70. The van der Waals surface area contributed by atoms with Crippen molar-refractivity contribution < 1.29 is 24.2 Å². The first kappa shape index (κ1) is 19.1. The average molecular weight is 394 g/mol. The maximum atomic E-state index is 11.2. The maximum absolute atomic E-state index is 11.2. The molecule has 2 aliphatic carbocycles. The molecule has 29 heavy (non-hydrogen) atoms. The normalized spacial score (nSPS) is 27.1. The molecule has 0 aromatic heterocycles. The van der Waals surface area contributed by atoms with Crippen molar-refractivity contribution in [3.63, 3.8) is 0 Å². The number of anilines is 1. The summed E-state index contributed by atoms with van der Waals surface area (Å²) in [6, 6.07) is 10.2. The Morgan fingerprint density at radius 1 is 1.07 bits per heavy atom. The van der Waals surface area contributed by atoms with Crippen LogP contribution in [0.4, 0.5) is 5.69 Å². The number of fused-ring (bicyclic) bond motifs is 1. The molecule has 3 aliphatic rings. The molecule has 1 saturated carbocycles. The van der Waals surface area contributed by atoms with Gasteiger partial charge in [-0.05, 0) is 41.7 Å². The van der Waals surface area contributed by atoms with E-state index < -0.39 is 35.7 Å². The van der Waals surface area contributed by atoms with Gasteiger partial charge in [0.2, 0.25) is 0 Å². The molecule has 0 spiro atoms. The first-order valence-electron chi connectivity index (χ1n) is 9.60. The second-order valence-electron chi connectivity index (χ2n) is 7.70. The van der Waals surface area contributed by atoms with E-state index in [1.54, 1.807) is 0 Å². The minimum absolute atomic E-state index is 0.0111. The van der Waals surface area contributed by atoms with Crippen LogP contribution in [0.25, 0.3) is 16.8 Å². The Kier molecular flexibility index (Phi) is 4.84. The fourth-order valence-corrected chi connectivity index (χ4v) is 4.40. The molecule has 1 saturated heterocycles. The number of ether oxygens (including phenoxy) is 1. The Bertz CT molecular complexity index is 1040. The number of cyclic esters (lactones) is 2. The number of esters is 2. The summed E-state index contributed by atoms with van der Waals surface area (Å²) >= 11 is 0. The van der Waals surface area contributed by atoms with E-state index in [-0.39, 0.29) is 12.5 Å². The molecule has 7 heteroatoms. The van der Waals surface area contributed by atoms with Gasteiger partial charge in [-0.1, -0.05) is 36.4 Å². The van der Waals surface area contributed by atoms with Crippen molar-refractivity contribution in [3.05, 3.63) is 47.5 Å². The number of rotatable bonds is 1. The van der Waals surface area contributed by atoms with Gasteiger partial charge in [0.25, 0.3) is 0 Å². The standard InChI is InChI=1S/C13H12N2.C9H10O5/c14-11-6-4-8-2-1-3-9-12(15)7-5-10(11)13(8)9;10-7(11)4-1-2-5-6(3-4)9(13)14-8(5)12/h1-7,12H,14-15H2;4-6H,1-3H2,(H,10,11). The minimum atomic E-state index is -0.893. The van der Waals surface area contributed by atoms with Crippen LogP contribution in [0.2, 0.25) is 0 Å². The summed E-state index contributed by atoms with van der Waals surface area (Å²) in [5.74, 6) is -3.34. The summed E-state index contributed by atoms with van der Waals surface area (Å²) < 4.78 is 4.47. The Morgan fingerprint density at radius 2 is 1.83 bits per heavy atom. The summed E-state index contributed by atoms with van der Waals surface area (Å²) in [5.41, 5.74) is 15.1.